The van der Waals surface area contributed by atoms with E-state index in [9.17, 15) is 14.0 Å². The summed E-state index contributed by atoms with van der Waals surface area (Å²) in [6, 6.07) is 11.2. The summed E-state index contributed by atoms with van der Waals surface area (Å²) in [6.45, 7) is 3.37. The van der Waals surface area contributed by atoms with Gasteiger partial charge in [-0.1, -0.05) is 41.9 Å². The largest absolute Gasteiger partial charge is 0.478 e. The van der Waals surface area contributed by atoms with Crippen LogP contribution in [-0.4, -0.2) is 17.0 Å². The Bertz CT molecular complexity index is 805. The molecule has 2 rings (SSSR count). The minimum absolute atomic E-state index is 0.00444. The second-order valence-electron chi connectivity index (χ2n) is 6.24. The van der Waals surface area contributed by atoms with Gasteiger partial charge in [-0.15, -0.1) is 0 Å². The summed E-state index contributed by atoms with van der Waals surface area (Å²) < 4.78 is 14.2. The molecule has 25 heavy (non-hydrogen) atoms. The van der Waals surface area contributed by atoms with Crippen molar-refractivity contribution in [2.45, 2.75) is 32.2 Å². The molecule has 0 atom stereocenters. The first-order valence-corrected chi connectivity index (χ1v) is 8.17. The second-order valence-corrected chi connectivity index (χ2v) is 6.64. The Morgan fingerprint density at radius 1 is 1.16 bits per heavy atom. The van der Waals surface area contributed by atoms with Gasteiger partial charge in [-0.2, -0.15) is 0 Å². The number of carbonyl (C=O) groups is 2. The van der Waals surface area contributed by atoms with Crippen molar-refractivity contribution in [3.63, 3.8) is 0 Å². The lowest BCUT2D eigenvalue weighted by Crippen LogP contribution is -2.41. The van der Waals surface area contributed by atoms with Gasteiger partial charge in [0.05, 0.1) is 16.1 Å². The van der Waals surface area contributed by atoms with E-state index in [1.54, 1.807) is 44.2 Å². The van der Waals surface area contributed by atoms with Gasteiger partial charge in [-0.3, -0.25) is 4.79 Å². The number of carbonyl (C=O) groups excluding carboxylic acids is 1. The fourth-order valence-electron chi connectivity index (χ4n) is 2.66. The molecule has 2 N–H and O–H groups in total. The van der Waals surface area contributed by atoms with E-state index >= 15 is 0 Å². The highest BCUT2D eigenvalue weighted by Gasteiger charge is 2.27. The first-order valence-electron chi connectivity index (χ1n) is 7.79. The van der Waals surface area contributed by atoms with Gasteiger partial charge < -0.3 is 10.4 Å². The molecule has 0 saturated heterocycles. The van der Waals surface area contributed by atoms with Gasteiger partial charge in [-0.05, 0) is 38.0 Å². The van der Waals surface area contributed by atoms with Gasteiger partial charge in [0.15, 0.2) is 0 Å². The van der Waals surface area contributed by atoms with Crippen molar-refractivity contribution in [1.29, 1.82) is 0 Å². The van der Waals surface area contributed by atoms with Gasteiger partial charge in [0.25, 0.3) is 0 Å². The molecule has 0 spiro atoms. The molecule has 0 saturated carbocycles. The Balaban J connectivity index is 2.07. The summed E-state index contributed by atoms with van der Waals surface area (Å²) >= 11 is 5.80. The third-order valence-electron chi connectivity index (χ3n) is 3.95. The summed E-state index contributed by atoms with van der Waals surface area (Å²) in [5.74, 6) is -1.90. The third kappa shape index (κ3) is 4.57. The van der Waals surface area contributed by atoms with Crippen molar-refractivity contribution in [1.82, 2.24) is 5.32 Å². The highest BCUT2D eigenvalue weighted by atomic mass is 35.5. The molecule has 4 nitrogen and oxygen atoms in total. The predicted molar refractivity (Wildman–Crippen MR) is 94.3 cm³/mol. The van der Waals surface area contributed by atoms with E-state index < -0.39 is 17.3 Å². The van der Waals surface area contributed by atoms with E-state index in [1.165, 1.54) is 12.1 Å². The fourth-order valence-corrected chi connectivity index (χ4v) is 2.83. The number of hydrogen-bond acceptors (Lipinski definition) is 2. The smallest absolute Gasteiger partial charge is 0.335 e. The van der Waals surface area contributed by atoms with Crippen LogP contribution in [0.5, 0.6) is 0 Å². The molecular weight excluding hydrogens is 345 g/mol. The van der Waals surface area contributed by atoms with Crippen LogP contribution in [0.4, 0.5) is 4.39 Å². The van der Waals surface area contributed by atoms with Crippen LogP contribution in [0.3, 0.4) is 0 Å². The number of carboxylic acid groups (broad SMARTS) is 1. The molecule has 6 heteroatoms. The van der Waals surface area contributed by atoms with E-state index in [0.717, 1.165) is 0 Å². The summed E-state index contributed by atoms with van der Waals surface area (Å²) in [7, 11) is 0. The van der Waals surface area contributed by atoms with E-state index in [0.29, 0.717) is 11.1 Å². The number of nitrogens with one attached hydrogen (secondary N) is 1. The number of benzene rings is 2. The van der Waals surface area contributed by atoms with Gasteiger partial charge in [-0.25, -0.2) is 9.18 Å². The normalized spacial score (nSPS) is 11.2. The number of rotatable bonds is 6. The van der Waals surface area contributed by atoms with E-state index in [-0.39, 0.29) is 29.3 Å². The lowest BCUT2D eigenvalue weighted by molar-refractivity contribution is -0.122. The quantitative estimate of drug-likeness (QED) is 0.809. The van der Waals surface area contributed by atoms with E-state index in [4.69, 9.17) is 16.7 Å². The maximum atomic E-state index is 14.2. The molecule has 0 fully saturated rings. The maximum Gasteiger partial charge on any atom is 0.335 e. The number of hydrogen-bond donors (Lipinski definition) is 2. The van der Waals surface area contributed by atoms with Crippen LogP contribution in [-0.2, 0) is 16.8 Å². The molecule has 1 amide bonds. The van der Waals surface area contributed by atoms with Crippen molar-refractivity contribution in [2.24, 2.45) is 0 Å². The van der Waals surface area contributed by atoms with Crippen LogP contribution in [0.1, 0.15) is 41.8 Å². The highest BCUT2D eigenvalue weighted by Crippen LogP contribution is 2.27. The van der Waals surface area contributed by atoms with Crippen LogP contribution < -0.4 is 5.32 Å². The van der Waals surface area contributed by atoms with Gasteiger partial charge in [0, 0.05) is 12.0 Å². The molecule has 0 bridgehead atoms. The molecule has 0 radical (unpaired) electrons. The molecule has 0 aliphatic heterocycles. The van der Waals surface area contributed by atoms with E-state index in [2.05, 4.69) is 5.32 Å². The highest BCUT2D eigenvalue weighted by molar-refractivity contribution is 6.30. The molecule has 0 aromatic heterocycles. The minimum atomic E-state index is -1.03. The zero-order chi connectivity index (χ0) is 18.6. The number of halogens is 2. The van der Waals surface area contributed by atoms with Crippen molar-refractivity contribution >= 4 is 23.5 Å². The van der Waals surface area contributed by atoms with Crippen molar-refractivity contribution in [2.75, 3.05) is 0 Å². The Kier molecular flexibility index (Phi) is 5.80. The zero-order valence-electron chi connectivity index (χ0n) is 14.0. The number of carboxylic acids is 1. The van der Waals surface area contributed by atoms with Crippen molar-refractivity contribution in [3.05, 3.63) is 70.0 Å². The Hall–Kier alpha value is -2.40. The van der Waals surface area contributed by atoms with Gasteiger partial charge >= 0.3 is 5.97 Å². The van der Waals surface area contributed by atoms with Crippen LogP contribution in [0.15, 0.2) is 42.5 Å². The number of aryl methyl sites for hydroxylation is 1. The lowest BCUT2D eigenvalue weighted by atomic mass is 9.93. The zero-order valence-corrected chi connectivity index (χ0v) is 14.7. The Morgan fingerprint density at radius 3 is 2.52 bits per heavy atom. The first kappa shape index (κ1) is 18.9. The van der Waals surface area contributed by atoms with Crippen LogP contribution >= 0.6 is 11.6 Å². The van der Waals surface area contributed by atoms with Crippen molar-refractivity contribution in [3.8, 4) is 0 Å². The first-order chi connectivity index (χ1) is 11.7. The minimum Gasteiger partial charge on any atom is -0.478 e. The lowest BCUT2D eigenvalue weighted by Gasteiger charge is -2.27. The molecule has 132 valence electrons. The standard InChI is InChI=1S/C19H19ClFNO3/c1-19(2,14-8-5-9-15(20)17(14)21)22-16(23)11-10-12-6-3-4-7-13(12)18(24)25/h3-9H,10-11H2,1-2H3,(H,22,23)(H,24,25). The SMILES string of the molecule is CC(C)(NC(=O)CCc1ccccc1C(=O)O)c1cccc(Cl)c1F. The molecule has 2 aromatic carbocycles. The number of aromatic carboxylic acids is 1. The average molecular weight is 364 g/mol. The topological polar surface area (TPSA) is 66.4 Å². The molecule has 0 aliphatic rings. The summed E-state index contributed by atoms with van der Waals surface area (Å²) in [5.41, 5.74) is 0.102. The average Bonchev–Trinajstić information content (AvgIpc) is 2.55. The van der Waals surface area contributed by atoms with Crippen LogP contribution in [0.25, 0.3) is 0 Å². The monoisotopic (exact) mass is 363 g/mol. The van der Waals surface area contributed by atoms with Crippen LogP contribution in [0.2, 0.25) is 5.02 Å². The summed E-state index contributed by atoms with van der Waals surface area (Å²) in [5, 5.41) is 11.9. The Labute approximate surface area is 150 Å². The van der Waals surface area contributed by atoms with E-state index in [1.807, 2.05) is 0 Å². The van der Waals surface area contributed by atoms with Gasteiger partial charge in [0.1, 0.15) is 5.82 Å². The Morgan fingerprint density at radius 2 is 1.84 bits per heavy atom. The molecule has 0 aliphatic carbocycles. The molecule has 2 aromatic rings. The molecule has 0 heterocycles. The molecular formula is C19H19ClFNO3. The summed E-state index contributed by atoms with van der Waals surface area (Å²) in [4.78, 5) is 23.5. The second kappa shape index (κ2) is 7.66. The predicted octanol–water partition coefficient (Wildman–Crippen LogP) is 4.16. The van der Waals surface area contributed by atoms with Crippen molar-refractivity contribution < 1.29 is 19.1 Å². The maximum absolute atomic E-state index is 14.2. The van der Waals surface area contributed by atoms with Gasteiger partial charge in [0.2, 0.25) is 5.91 Å². The number of amides is 1. The van der Waals surface area contributed by atoms with Crippen LogP contribution in [0, 0.1) is 5.82 Å². The third-order valence-corrected chi connectivity index (χ3v) is 4.24. The molecule has 0 unspecified atom stereocenters. The summed E-state index contributed by atoms with van der Waals surface area (Å²) in [6.07, 6.45) is 0.373. The fraction of sp³-hybridized carbons (Fsp3) is 0.263.